The molecule has 1 atom stereocenters. The fourth-order valence-corrected chi connectivity index (χ4v) is 2.80. The van der Waals surface area contributed by atoms with Crippen LogP contribution in [0.25, 0.3) is 0 Å². The zero-order valence-electron chi connectivity index (χ0n) is 13.3. The maximum Gasteiger partial charge on any atom is 0.125 e. The summed E-state index contributed by atoms with van der Waals surface area (Å²) in [5.41, 5.74) is 2.36. The minimum absolute atomic E-state index is 0.733. The summed E-state index contributed by atoms with van der Waals surface area (Å²) in [7, 11) is 0. The van der Waals surface area contributed by atoms with Gasteiger partial charge in [0.2, 0.25) is 0 Å². The number of nitrogens with one attached hydrogen (secondary N) is 2. The highest BCUT2D eigenvalue weighted by Crippen LogP contribution is 2.15. The SMILES string of the molecule is C=C/C(CCOCCC1CCNC1)=N\C1=C(C)CCCN1. The molecule has 2 heterocycles. The van der Waals surface area contributed by atoms with Gasteiger partial charge in [0.05, 0.1) is 6.61 Å². The van der Waals surface area contributed by atoms with Crippen molar-refractivity contribution in [3.8, 4) is 0 Å². The Balaban J connectivity index is 1.68. The summed E-state index contributed by atoms with van der Waals surface area (Å²) in [5.74, 6) is 1.84. The van der Waals surface area contributed by atoms with Crippen LogP contribution in [0, 0.1) is 5.92 Å². The number of rotatable bonds is 8. The zero-order chi connectivity index (χ0) is 14.9. The Kier molecular flexibility index (Phi) is 6.96. The summed E-state index contributed by atoms with van der Waals surface area (Å²) in [5, 5.41) is 6.76. The zero-order valence-corrected chi connectivity index (χ0v) is 13.3. The number of hydrogen-bond donors (Lipinski definition) is 2. The molecule has 1 fully saturated rings. The number of nitrogens with zero attached hydrogens (tertiary/aromatic N) is 1. The Hall–Kier alpha value is -1.13. The second-order valence-electron chi connectivity index (χ2n) is 5.98. The molecule has 0 spiro atoms. The normalized spacial score (nSPS) is 23.3. The molecule has 2 aliphatic rings. The Morgan fingerprint density at radius 2 is 2.33 bits per heavy atom. The summed E-state index contributed by atoms with van der Waals surface area (Å²) >= 11 is 0. The maximum atomic E-state index is 5.75. The monoisotopic (exact) mass is 291 g/mol. The molecular formula is C17H29N3O. The molecule has 2 N–H and O–H groups in total. The van der Waals surface area contributed by atoms with Crippen LogP contribution < -0.4 is 10.6 Å². The van der Waals surface area contributed by atoms with Gasteiger partial charge in [0.25, 0.3) is 0 Å². The van der Waals surface area contributed by atoms with Crippen molar-refractivity contribution < 1.29 is 4.74 Å². The molecule has 0 aromatic carbocycles. The van der Waals surface area contributed by atoms with E-state index in [1.807, 2.05) is 6.08 Å². The summed E-state index contributed by atoms with van der Waals surface area (Å²) < 4.78 is 5.75. The summed E-state index contributed by atoms with van der Waals surface area (Å²) in [4.78, 5) is 4.69. The number of aliphatic imine (C=N–C) groups is 1. The number of hydrogen-bond acceptors (Lipinski definition) is 4. The van der Waals surface area contributed by atoms with Gasteiger partial charge in [-0.3, -0.25) is 0 Å². The first-order chi connectivity index (χ1) is 10.3. The van der Waals surface area contributed by atoms with Crippen LogP contribution in [0.3, 0.4) is 0 Å². The number of ether oxygens (including phenoxy) is 1. The molecule has 0 amide bonds. The molecule has 4 heteroatoms. The van der Waals surface area contributed by atoms with Gasteiger partial charge in [0.1, 0.15) is 5.82 Å². The van der Waals surface area contributed by atoms with Crippen molar-refractivity contribution in [2.75, 3.05) is 32.8 Å². The lowest BCUT2D eigenvalue weighted by Crippen LogP contribution is -2.20. The molecule has 21 heavy (non-hydrogen) atoms. The van der Waals surface area contributed by atoms with Gasteiger partial charge in [0, 0.05) is 25.3 Å². The number of allylic oxidation sites excluding steroid dienone is 2. The highest BCUT2D eigenvalue weighted by molar-refractivity contribution is 5.95. The van der Waals surface area contributed by atoms with E-state index in [1.54, 1.807) is 0 Å². The third kappa shape index (κ3) is 5.64. The summed E-state index contributed by atoms with van der Waals surface area (Å²) in [6.45, 7) is 11.0. The molecule has 1 saturated heterocycles. The third-order valence-corrected chi connectivity index (χ3v) is 4.25. The quantitative estimate of drug-likeness (QED) is 0.534. The van der Waals surface area contributed by atoms with Crippen LogP contribution >= 0.6 is 0 Å². The summed E-state index contributed by atoms with van der Waals surface area (Å²) in [6.07, 6.45) is 7.49. The second kappa shape index (κ2) is 9.00. The lowest BCUT2D eigenvalue weighted by atomic mass is 10.1. The van der Waals surface area contributed by atoms with E-state index in [0.29, 0.717) is 0 Å². The van der Waals surface area contributed by atoms with Crippen LogP contribution in [0.4, 0.5) is 0 Å². The van der Waals surface area contributed by atoms with Gasteiger partial charge < -0.3 is 15.4 Å². The Morgan fingerprint density at radius 1 is 1.43 bits per heavy atom. The minimum Gasteiger partial charge on any atom is -0.381 e. The molecule has 0 aromatic rings. The van der Waals surface area contributed by atoms with E-state index < -0.39 is 0 Å². The highest BCUT2D eigenvalue weighted by atomic mass is 16.5. The molecule has 0 aromatic heterocycles. The van der Waals surface area contributed by atoms with Crippen molar-refractivity contribution in [2.24, 2.45) is 10.9 Å². The summed E-state index contributed by atoms with van der Waals surface area (Å²) in [6, 6.07) is 0. The van der Waals surface area contributed by atoms with Crippen LogP contribution in [0.15, 0.2) is 29.0 Å². The topological polar surface area (TPSA) is 45.6 Å². The molecule has 2 aliphatic heterocycles. The van der Waals surface area contributed by atoms with Crippen molar-refractivity contribution in [3.05, 3.63) is 24.0 Å². The van der Waals surface area contributed by atoms with Crippen LogP contribution in [0.5, 0.6) is 0 Å². The first-order valence-electron chi connectivity index (χ1n) is 8.21. The van der Waals surface area contributed by atoms with Crippen molar-refractivity contribution in [3.63, 3.8) is 0 Å². The van der Waals surface area contributed by atoms with Gasteiger partial charge in [-0.2, -0.15) is 0 Å². The molecular weight excluding hydrogens is 262 g/mol. The Bertz CT molecular complexity index is 395. The van der Waals surface area contributed by atoms with E-state index in [1.165, 1.54) is 31.4 Å². The molecule has 2 rings (SSSR count). The van der Waals surface area contributed by atoms with Gasteiger partial charge in [-0.1, -0.05) is 6.58 Å². The Morgan fingerprint density at radius 3 is 3.05 bits per heavy atom. The average Bonchev–Trinajstić information content (AvgIpc) is 3.01. The van der Waals surface area contributed by atoms with Gasteiger partial charge in [-0.05, 0) is 63.3 Å². The molecule has 118 valence electrons. The minimum atomic E-state index is 0.733. The fraction of sp³-hybridized carbons (Fsp3) is 0.706. The van der Waals surface area contributed by atoms with E-state index in [2.05, 4.69) is 29.1 Å². The maximum absolute atomic E-state index is 5.75. The predicted octanol–water partition coefficient (Wildman–Crippen LogP) is 2.63. The highest BCUT2D eigenvalue weighted by Gasteiger charge is 2.13. The largest absolute Gasteiger partial charge is 0.381 e. The first kappa shape index (κ1) is 16.2. The standard InChI is InChI=1S/C17H29N3O/c1-3-16(20-17-14(2)5-4-9-19-17)8-12-21-11-7-15-6-10-18-13-15/h3,15,18-19H,1,4-13H2,2H3/b20-16+. The van der Waals surface area contributed by atoms with Gasteiger partial charge >= 0.3 is 0 Å². The van der Waals surface area contributed by atoms with Gasteiger partial charge in [-0.25, -0.2) is 4.99 Å². The van der Waals surface area contributed by atoms with Crippen LogP contribution in [0.2, 0.25) is 0 Å². The van der Waals surface area contributed by atoms with Gasteiger partial charge in [0.15, 0.2) is 0 Å². The molecule has 0 aliphatic carbocycles. The van der Waals surface area contributed by atoms with E-state index in [-0.39, 0.29) is 0 Å². The molecule has 4 nitrogen and oxygen atoms in total. The fourth-order valence-electron chi connectivity index (χ4n) is 2.80. The van der Waals surface area contributed by atoms with Crippen molar-refractivity contribution in [1.82, 2.24) is 10.6 Å². The molecule has 0 saturated carbocycles. The van der Waals surface area contributed by atoms with Crippen LogP contribution in [0.1, 0.15) is 39.0 Å². The smallest absolute Gasteiger partial charge is 0.125 e. The lowest BCUT2D eigenvalue weighted by Gasteiger charge is -2.17. The predicted molar refractivity (Wildman–Crippen MR) is 88.6 cm³/mol. The van der Waals surface area contributed by atoms with Crippen molar-refractivity contribution >= 4 is 5.71 Å². The average molecular weight is 291 g/mol. The lowest BCUT2D eigenvalue weighted by molar-refractivity contribution is 0.128. The van der Waals surface area contributed by atoms with E-state index >= 15 is 0 Å². The molecule has 1 unspecified atom stereocenters. The van der Waals surface area contributed by atoms with Gasteiger partial charge in [-0.15, -0.1) is 0 Å². The van der Waals surface area contributed by atoms with E-state index in [0.717, 1.165) is 56.6 Å². The van der Waals surface area contributed by atoms with Crippen molar-refractivity contribution in [1.29, 1.82) is 0 Å². The Labute approximate surface area is 128 Å². The van der Waals surface area contributed by atoms with Crippen LogP contribution in [-0.4, -0.2) is 38.6 Å². The molecule has 0 radical (unpaired) electrons. The first-order valence-corrected chi connectivity index (χ1v) is 8.21. The second-order valence-corrected chi connectivity index (χ2v) is 5.98. The van der Waals surface area contributed by atoms with E-state index in [9.17, 15) is 0 Å². The van der Waals surface area contributed by atoms with E-state index in [4.69, 9.17) is 4.74 Å². The third-order valence-electron chi connectivity index (χ3n) is 4.25. The van der Waals surface area contributed by atoms with Crippen LogP contribution in [-0.2, 0) is 4.74 Å². The molecule has 0 bridgehead atoms. The van der Waals surface area contributed by atoms with Crippen molar-refractivity contribution in [2.45, 2.75) is 39.0 Å².